The van der Waals surface area contributed by atoms with Crippen molar-refractivity contribution < 1.29 is 4.79 Å². The Labute approximate surface area is 145 Å². The van der Waals surface area contributed by atoms with Crippen LogP contribution in [0, 0.1) is 0 Å². The third kappa shape index (κ3) is 2.92. The maximum Gasteiger partial charge on any atom is 0.276 e. The summed E-state index contributed by atoms with van der Waals surface area (Å²) in [6.07, 6.45) is 4.75. The highest BCUT2D eigenvalue weighted by Gasteiger charge is 2.12. The van der Waals surface area contributed by atoms with Gasteiger partial charge in [-0.15, -0.1) is 0 Å². The molecule has 3 aromatic heterocycles. The average Bonchev–Trinajstić information content (AvgIpc) is 3.29. The number of nitrogens with one attached hydrogen (secondary N) is 1. The van der Waals surface area contributed by atoms with Gasteiger partial charge in [-0.25, -0.2) is 4.68 Å². The van der Waals surface area contributed by atoms with Gasteiger partial charge in [0.25, 0.3) is 5.91 Å². The molecule has 0 aliphatic heterocycles. The molecule has 0 unspecified atom stereocenters. The normalized spacial score (nSPS) is 10.9. The van der Waals surface area contributed by atoms with Gasteiger partial charge in [0.05, 0.1) is 0 Å². The summed E-state index contributed by atoms with van der Waals surface area (Å²) in [6, 6.07) is 19.6. The average molecular weight is 330 g/mol. The molecule has 0 bridgehead atoms. The molecule has 0 aliphatic rings. The molecule has 0 spiro atoms. The molecule has 124 valence electrons. The zero-order valence-corrected chi connectivity index (χ0v) is 13.9. The van der Waals surface area contributed by atoms with Crippen molar-refractivity contribution in [3.05, 3.63) is 84.3 Å². The Balaban J connectivity index is 1.57. The molecule has 1 amide bonds. The van der Waals surface area contributed by atoms with Gasteiger partial charge < -0.3 is 9.72 Å². The number of benzene rings is 1. The SMILES string of the molecule is CCc1ccc(NC(=O)c2ccn(-c3ccc4ccccn34)n2)cc1. The van der Waals surface area contributed by atoms with E-state index in [0.717, 1.165) is 23.4 Å². The second kappa shape index (κ2) is 6.28. The predicted octanol–water partition coefficient (Wildman–Crippen LogP) is 3.94. The minimum Gasteiger partial charge on any atom is -0.321 e. The van der Waals surface area contributed by atoms with Crippen molar-refractivity contribution in [2.24, 2.45) is 0 Å². The van der Waals surface area contributed by atoms with Crippen LogP contribution in [0.4, 0.5) is 5.69 Å². The van der Waals surface area contributed by atoms with E-state index < -0.39 is 0 Å². The van der Waals surface area contributed by atoms with Crippen molar-refractivity contribution >= 4 is 17.1 Å². The molecule has 4 aromatic rings. The van der Waals surface area contributed by atoms with Crippen LogP contribution < -0.4 is 5.32 Å². The van der Waals surface area contributed by atoms with E-state index in [1.165, 1.54) is 5.56 Å². The molecule has 0 radical (unpaired) electrons. The van der Waals surface area contributed by atoms with E-state index in [9.17, 15) is 4.79 Å². The van der Waals surface area contributed by atoms with Crippen LogP contribution in [0.2, 0.25) is 0 Å². The fourth-order valence-electron chi connectivity index (χ4n) is 2.82. The van der Waals surface area contributed by atoms with Crippen molar-refractivity contribution in [3.63, 3.8) is 0 Å². The van der Waals surface area contributed by atoms with Crippen molar-refractivity contribution in [2.75, 3.05) is 5.32 Å². The highest BCUT2D eigenvalue weighted by molar-refractivity contribution is 6.02. The molecule has 1 aromatic carbocycles. The molecule has 0 fully saturated rings. The van der Waals surface area contributed by atoms with Crippen molar-refractivity contribution in [1.82, 2.24) is 14.2 Å². The van der Waals surface area contributed by atoms with Gasteiger partial charge in [-0.05, 0) is 54.4 Å². The molecular formula is C20H18N4O. The van der Waals surface area contributed by atoms with E-state index in [4.69, 9.17) is 0 Å². The first-order valence-electron chi connectivity index (χ1n) is 8.27. The Kier molecular flexibility index (Phi) is 3.82. The van der Waals surface area contributed by atoms with Gasteiger partial charge >= 0.3 is 0 Å². The molecule has 0 atom stereocenters. The monoisotopic (exact) mass is 330 g/mol. The Hall–Kier alpha value is -3.34. The van der Waals surface area contributed by atoms with Crippen LogP contribution in [-0.4, -0.2) is 20.1 Å². The molecule has 4 rings (SSSR count). The quantitative estimate of drug-likeness (QED) is 0.616. The number of anilines is 1. The third-order valence-electron chi connectivity index (χ3n) is 4.22. The number of aromatic nitrogens is 3. The fourth-order valence-corrected chi connectivity index (χ4v) is 2.82. The number of amides is 1. The van der Waals surface area contributed by atoms with Crippen LogP contribution in [0.5, 0.6) is 0 Å². The Morgan fingerprint density at radius 2 is 1.84 bits per heavy atom. The molecule has 1 N–H and O–H groups in total. The number of nitrogens with zero attached hydrogens (tertiary/aromatic N) is 3. The second-order valence-electron chi connectivity index (χ2n) is 5.84. The Bertz CT molecular complexity index is 1030. The van der Waals surface area contributed by atoms with Gasteiger partial charge in [-0.1, -0.05) is 25.1 Å². The van der Waals surface area contributed by atoms with E-state index >= 15 is 0 Å². The summed E-state index contributed by atoms with van der Waals surface area (Å²) >= 11 is 0. The molecule has 3 heterocycles. The number of carbonyl (C=O) groups excluding carboxylic acids is 1. The molecule has 0 aliphatic carbocycles. The van der Waals surface area contributed by atoms with E-state index in [-0.39, 0.29) is 5.91 Å². The number of rotatable bonds is 4. The van der Waals surface area contributed by atoms with E-state index in [1.54, 1.807) is 16.9 Å². The predicted molar refractivity (Wildman–Crippen MR) is 98.3 cm³/mol. The Morgan fingerprint density at radius 1 is 1.00 bits per heavy atom. The van der Waals surface area contributed by atoms with E-state index in [2.05, 4.69) is 17.3 Å². The number of aryl methyl sites for hydroxylation is 1. The highest BCUT2D eigenvalue weighted by Crippen LogP contribution is 2.15. The van der Waals surface area contributed by atoms with Crippen LogP contribution in [0.15, 0.2) is 73.1 Å². The minimum atomic E-state index is -0.219. The molecule has 0 saturated heterocycles. The summed E-state index contributed by atoms with van der Waals surface area (Å²) < 4.78 is 3.74. The van der Waals surface area contributed by atoms with E-state index in [1.807, 2.05) is 65.2 Å². The van der Waals surface area contributed by atoms with Crippen LogP contribution in [0.3, 0.4) is 0 Å². The van der Waals surface area contributed by atoms with Crippen LogP contribution in [-0.2, 0) is 6.42 Å². The topological polar surface area (TPSA) is 51.3 Å². The van der Waals surface area contributed by atoms with Crippen LogP contribution in [0.1, 0.15) is 23.0 Å². The van der Waals surface area contributed by atoms with Gasteiger partial charge in [0, 0.05) is 23.6 Å². The first-order chi connectivity index (χ1) is 12.2. The van der Waals surface area contributed by atoms with Crippen molar-refractivity contribution in [3.8, 4) is 5.82 Å². The number of hydrogen-bond donors (Lipinski definition) is 1. The lowest BCUT2D eigenvalue weighted by Crippen LogP contribution is -2.13. The summed E-state index contributed by atoms with van der Waals surface area (Å²) in [5.41, 5.74) is 3.47. The lowest BCUT2D eigenvalue weighted by Gasteiger charge is -2.05. The zero-order chi connectivity index (χ0) is 17.2. The lowest BCUT2D eigenvalue weighted by atomic mass is 10.1. The molecule has 5 nitrogen and oxygen atoms in total. The van der Waals surface area contributed by atoms with Gasteiger partial charge in [-0.3, -0.25) is 4.79 Å². The van der Waals surface area contributed by atoms with Crippen molar-refractivity contribution in [2.45, 2.75) is 13.3 Å². The first-order valence-corrected chi connectivity index (χ1v) is 8.27. The molecule has 5 heteroatoms. The molecule has 25 heavy (non-hydrogen) atoms. The van der Waals surface area contributed by atoms with Gasteiger partial charge in [0.15, 0.2) is 5.69 Å². The number of fused-ring (bicyclic) bond motifs is 1. The standard InChI is InChI=1S/C20H18N4O/c1-2-15-6-8-16(9-7-15)21-20(25)18-12-14-24(22-18)19-11-10-17-5-3-4-13-23(17)19/h3-14H,2H2,1H3,(H,21,25). The summed E-state index contributed by atoms with van der Waals surface area (Å²) in [7, 11) is 0. The van der Waals surface area contributed by atoms with Crippen LogP contribution >= 0.6 is 0 Å². The van der Waals surface area contributed by atoms with Gasteiger partial charge in [0.2, 0.25) is 0 Å². The summed E-state index contributed by atoms with van der Waals surface area (Å²) in [6.45, 7) is 2.10. The zero-order valence-electron chi connectivity index (χ0n) is 13.9. The smallest absolute Gasteiger partial charge is 0.276 e. The number of carbonyl (C=O) groups is 1. The molecular weight excluding hydrogens is 312 g/mol. The second-order valence-corrected chi connectivity index (χ2v) is 5.84. The minimum absolute atomic E-state index is 0.219. The summed E-state index contributed by atoms with van der Waals surface area (Å²) in [4.78, 5) is 12.4. The Morgan fingerprint density at radius 3 is 2.64 bits per heavy atom. The van der Waals surface area contributed by atoms with E-state index in [0.29, 0.717) is 5.69 Å². The third-order valence-corrected chi connectivity index (χ3v) is 4.22. The largest absolute Gasteiger partial charge is 0.321 e. The van der Waals surface area contributed by atoms with Crippen molar-refractivity contribution in [1.29, 1.82) is 0 Å². The highest BCUT2D eigenvalue weighted by atomic mass is 16.1. The number of pyridine rings is 1. The summed E-state index contributed by atoms with van der Waals surface area (Å²) in [5, 5.41) is 7.30. The van der Waals surface area contributed by atoms with Gasteiger partial charge in [-0.2, -0.15) is 5.10 Å². The maximum atomic E-state index is 12.4. The van der Waals surface area contributed by atoms with Gasteiger partial charge in [0.1, 0.15) is 5.82 Å². The first kappa shape index (κ1) is 15.2. The fraction of sp³-hybridized carbons (Fsp3) is 0.100. The number of hydrogen-bond acceptors (Lipinski definition) is 2. The van der Waals surface area contributed by atoms with Crippen LogP contribution in [0.25, 0.3) is 11.3 Å². The molecule has 0 saturated carbocycles. The maximum absolute atomic E-state index is 12.4. The summed E-state index contributed by atoms with van der Waals surface area (Å²) in [5.74, 6) is 0.672. The lowest BCUT2D eigenvalue weighted by molar-refractivity contribution is 0.102.